The van der Waals surface area contributed by atoms with Crippen LogP contribution in [0.3, 0.4) is 0 Å². The van der Waals surface area contributed by atoms with Gasteiger partial charge in [-0.1, -0.05) is 19.9 Å². The molecule has 1 N–H and O–H groups in total. The molecular weight excluding hydrogens is 330 g/mol. The Morgan fingerprint density at radius 3 is 2.54 bits per heavy atom. The van der Waals surface area contributed by atoms with Gasteiger partial charge in [-0.25, -0.2) is 13.8 Å². The van der Waals surface area contributed by atoms with Crippen LogP contribution in [0.4, 0.5) is 0 Å². The number of rotatable bonds is 6. The summed E-state index contributed by atoms with van der Waals surface area (Å²) in [6.45, 7) is 5.32. The Balaban J connectivity index is 2.19. The van der Waals surface area contributed by atoms with E-state index in [0.29, 0.717) is 26.3 Å². The summed E-state index contributed by atoms with van der Waals surface area (Å²) in [4.78, 5) is 12.3. The number of amides is 1. The van der Waals surface area contributed by atoms with Crippen LogP contribution in [-0.2, 0) is 14.8 Å². The van der Waals surface area contributed by atoms with E-state index < -0.39 is 15.9 Å². The summed E-state index contributed by atoms with van der Waals surface area (Å²) in [5.74, 6) is -0.423. The average molecular weight is 353 g/mol. The maximum Gasteiger partial charge on any atom is 0.271 e. The largest absolute Gasteiger partial charge is 0.379 e. The van der Waals surface area contributed by atoms with Gasteiger partial charge in [0.15, 0.2) is 0 Å². The third kappa shape index (κ3) is 4.40. The summed E-state index contributed by atoms with van der Waals surface area (Å²) < 4.78 is 31.8. The van der Waals surface area contributed by atoms with Crippen molar-refractivity contribution in [3.8, 4) is 0 Å². The van der Waals surface area contributed by atoms with Gasteiger partial charge in [0.05, 0.1) is 18.1 Å². The fraction of sp³-hybridized carbons (Fsp3) is 0.500. The van der Waals surface area contributed by atoms with Crippen molar-refractivity contribution in [2.45, 2.75) is 31.6 Å². The van der Waals surface area contributed by atoms with Crippen LogP contribution in [0.5, 0.6) is 0 Å². The van der Waals surface area contributed by atoms with E-state index in [4.69, 9.17) is 4.74 Å². The normalized spacial score (nSPS) is 15.8. The minimum atomic E-state index is -3.62. The molecule has 1 aliphatic rings. The maximum absolute atomic E-state index is 12.6. The third-order valence-corrected chi connectivity index (χ3v) is 5.73. The van der Waals surface area contributed by atoms with Crippen LogP contribution in [0, 0.1) is 0 Å². The van der Waals surface area contributed by atoms with Crippen LogP contribution in [0.2, 0.25) is 0 Å². The fourth-order valence-electron chi connectivity index (χ4n) is 2.34. The van der Waals surface area contributed by atoms with Crippen LogP contribution < -0.4 is 5.43 Å². The zero-order valence-corrected chi connectivity index (χ0v) is 14.8. The molecule has 1 fully saturated rings. The number of hydrogen-bond acceptors (Lipinski definition) is 5. The van der Waals surface area contributed by atoms with Crippen LogP contribution in [0.15, 0.2) is 34.3 Å². The predicted molar refractivity (Wildman–Crippen MR) is 91.5 cm³/mol. The zero-order valence-electron chi connectivity index (χ0n) is 14.0. The SMILES string of the molecule is CCC(CC)=NNC(=O)c1cccc(S(=O)(=O)N2CCOCC2)c1. The number of sulfonamides is 1. The first-order valence-corrected chi connectivity index (χ1v) is 9.46. The summed E-state index contributed by atoms with van der Waals surface area (Å²) in [5, 5.41) is 4.06. The van der Waals surface area contributed by atoms with Crippen molar-refractivity contribution in [1.82, 2.24) is 9.73 Å². The van der Waals surface area contributed by atoms with Gasteiger partial charge in [-0.05, 0) is 31.0 Å². The van der Waals surface area contributed by atoms with E-state index in [1.165, 1.54) is 16.4 Å². The highest BCUT2D eigenvalue weighted by molar-refractivity contribution is 7.89. The number of carbonyl (C=O) groups excluding carboxylic acids is 1. The third-order valence-electron chi connectivity index (χ3n) is 3.84. The highest BCUT2D eigenvalue weighted by Gasteiger charge is 2.26. The minimum absolute atomic E-state index is 0.104. The molecule has 2 rings (SSSR count). The monoisotopic (exact) mass is 353 g/mol. The lowest BCUT2D eigenvalue weighted by molar-refractivity contribution is 0.0730. The number of carbonyl (C=O) groups is 1. The second-order valence-corrected chi connectivity index (χ2v) is 7.31. The first-order chi connectivity index (χ1) is 11.5. The van der Waals surface area contributed by atoms with Gasteiger partial charge in [-0.2, -0.15) is 9.41 Å². The number of nitrogens with zero attached hydrogens (tertiary/aromatic N) is 2. The molecule has 0 saturated carbocycles. The maximum atomic E-state index is 12.6. The summed E-state index contributed by atoms with van der Waals surface area (Å²) in [5.41, 5.74) is 3.62. The number of hydrazone groups is 1. The van der Waals surface area contributed by atoms with Crippen LogP contribution in [0.1, 0.15) is 37.0 Å². The van der Waals surface area contributed by atoms with Crippen molar-refractivity contribution in [2.24, 2.45) is 5.10 Å². The molecule has 7 nitrogen and oxygen atoms in total. The Bertz CT molecular complexity index is 704. The van der Waals surface area contributed by atoms with E-state index >= 15 is 0 Å². The molecule has 1 saturated heterocycles. The van der Waals surface area contributed by atoms with Crippen molar-refractivity contribution >= 4 is 21.6 Å². The molecule has 0 atom stereocenters. The Hall–Kier alpha value is -1.77. The molecular formula is C16H23N3O4S. The quantitative estimate of drug-likeness (QED) is 0.622. The highest BCUT2D eigenvalue weighted by atomic mass is 32.2. The fourth-order valence-corrected chi connectivity index (χ4v) is 3.79. The zero-order chi connectivity index (χ0) is 17.6. The second-order valence-electron chi connectivity index (χ2n) is 5.37. The van der Waals surface area contributed by atoms with Crippen LogP contribution in [-0.4, -0.2) is 50.6 Å². The van der Waals surface area contributed by atoms with Gasteiger partial charge >= 0.3 is 0 Å². The number of morpholine rings is 1. The number of ether oxygens (including phenoxy) is 1. The molecule has 1 aromatic carbocycles. The lowest BCUT2D eigenvalue weighted by Crippen LogP contribution is -2.40. The Morgan fingerprint density at radius 1 is 1.25 bits per heavy atom. The summed E-state index contributed by atoms with van der Waals surface area (Å²) in [6, 6.07) is 6.01. The predicted octanol–water partition coefficient (Wildman–Crippen LogP) is 1.61. The Kier molecular flexibility index (Phi) is 6.47. The molecule has 0 bridgehead atoms. The topological polar surface area (TPSA) is 88.1 Å². The summed E-state index contributed by atoms with van der Waals surface area (Å²) >= 11 is 0. The number of nitrogens with one attached hydrogen (secondary N) is 1. The Labute approximate surface area is 142 Å². The van der Waals surface area contributed by atoms with Gasteiger partial charge in [0.1, 0.15) is 0 Å². The van der Waals surface area contributed by atoms with E-state index in [1.807, 2.05) is 13.8 Å². The van der Waals surface area contributed by atoms with E-state index in [-0.39, 0.29) is 10.5 Å². The number of benzene rings is 1. The molecule has 0 aromatic heterocycles. The summed E-state index contributed by atoms with van der Waals surface area (Å²) in [7, 11) is -3.62. The van der Waals surface area contributed by atoms with Gasteiger partial charge in [0, 0.05) is 24.4 Å². The molecule has 1 aliphatic heterocycles. The number of hydrogen-bond donors (Lipinski definition) is 1. The lowest BCUT2D eigenvalue weighted by Gasteiger charge is -2.26. The van der Waals surface area contributed by atoms with Crippen molar-refractivity contribution in [2.75, 3.05) is 26.3 Å². The molecule has 132 valence electrons. The van der Waals surface area contributed by atoms with Crippen molar-refractivity contribution in [3.63, 3.8) is 0 Å². The lowest BCUT2D eigenvalue weighted by atomic mass is 10.2. The average Bonchev–Trinajstić information content (AvgIpc) is 2.63. The summed E-state index contributed by atoms with van der Waals surface area (Å²) in [6.07, 6.45) is 1.50. The molecule has 1 amide bonds. The molecule has 24 heavy (non-hydrogen) atoms. The second kappa shape index (κ2) is 8.36. The molecule has 1 heterocycles. The standard InChI is InChI=1S/C16H23N3O4S/c1-3-14(4-2)17-18-16(20)13-6-5-7-15(12-13)24(21,22)19-8-10-23-11-9-19/h5-7,12H,3-4,8-11H2,1-2H3,(H,18,20). The van der Waals surface area contributed by atoms with E-state index in [2.05, 4.69) is 10.5 Å². The first kappa shape index (κ1) is 18.6. The van der Waals surface area contributed by atoms with E-state index in [9.17, 15) is 13.2 Å². The molecule has 0 aliphatic carbocycles. The molecule has 0 unspecified atom stereocenters. The van der Waals surface area contributed by atoms with Crippen molar-refractivity contribution in [3.05, 3.63) is 29.8 Å². The van der Waals surface area contributed by atoms with Gasteiger partial charge < -0.3 is 4.74 Å². The Morgan fingerprint density at radius 2 is 1.92 bits per heavy atom. The minimum Gasteiger partial charge on any atom is -0.379 e. The van der Waals surface area contributed by atoms with Gasteiger partial charge in [-0.15, -0.1) is 0 Å². The van der Waals surface area contributed by atoms with Crippen LogP contribution >= 0.6 is 0 Å². The molecule has 0 radical (unpaired) electrons. The highest BCUT2D eigenvalue weighted by Crippen LogP contribution is 2.18. The van der Waals surface area contributed by atoms with Crippen LogP contribution in [0.25, 0.3) is 0 Å². The van der Waals surface area contributed by atoms with E-state index in [0.717, 1.165) is 18.6 Å². The molecule has 8 heteroatoms. The van der Waals surface area contributed by atoms with Gasteiger partial charge in [-0.3, -0.25) is 4.79 Å². The van der Waals surface area contributed by atoms with Gasteiger partial charge in [0.25, 0.3) is 5.91 Å². The van der Waals surface area contributed by atoms with Gasteiger partial charge in [0.2, 0.25) is 10.0 Å². The smallest absolute Gasteiger partial charge is 0.271 e. The van der Waals surface area contributed by atoms with E-state index in [1.54, 1.807) is 12.1 Å². The van der Waals surface area contributed by atoms with Crippen molar-refractivity contribution < 1.29 is 17.9 Å². The first-order valence-electron chi connectivity index (χ1n) is 8.02. The molecule has 1 aromatic rings. The molecule has 0 spiro atoms. The van der Waals surface area contributed by atoms with Crippen molar-refractivity contribution in [1.29, 1.82) is 0 Å².